The number of pyridine rings is 1. The number of ether oxygens (including phenoxy) is 1. The second-order valence-corrected chi connectivity index (χ2v) is 10.0. The number of ketones is 1. The Hall–Kier alpha value is -3.44. The number of para-hydroxylation sites is 1. The monoisotopic (exact) mass is 481 g/mol. The molecule has 186 valence electrons. The minimum absolute atomic E-state index is 0.0418. The van der Waals surface area contributed by atoms with Crippen LogP contribution in [0.25, 0.3) is 10.9 Å². The molecule has 5 nitrogen and oxygen atoms in total. The van der Waals surface area contributed by atoms with Crippen LogP contribution in [-0.4, -0.2) is 40.9 Å². The molecule has 0 radical (unpaired) electrons. The molecule has 0 bridgehead atoms. The van der Waals surface area contributed by atoms with Crippen LogP contribution < -0.4 is 10.1 Å². The largest absolute Gasteiger partial charge is 0.493 e. The second-order valence-electron chi connectivity index (χ2n) is 10.0. The Morgan fingerprint density at radius 2 is 1.94 bits per heavy atom. The van der Waals surface area contributed by atoms with E-state index >= 15 is 0 Å². The number of nitrogens with one attached hydrogen (secondary N) is 1. The number of carbonyl (C=O) groups is 1. The van der Waals surface area contributed by atoms with Crippen LogP contribution in [0.1, 0.15) is 38.3 Å². The number of Topliss-reactive ketones (excluding diaryl/α,β-unsaturated/α-hetero) is 1. The van der Waals surface area contributed by atoms with Crippen LogP contribution in [0.3, 0.4) is 0 Å². The first-order chi connectivity index (χ1) is 17.5. The Balaban J connectivity index is 1.25. The third-order valence-corrected chi connectivity index (χ3v) is 7.59. The maximum absolute atomic E-state index is 11.8. The van der Waals surface area contributed by atoms with E-state index in [1.54, 1.807) is 6.92 Å². The van der Waals surface area contributed by atoms with Crippen molar-refractivity contribution in [2.45, 2.75) is 45.1 Å². The van der Waals surface area contributed by atoms with Crippen molar-refractivity contribution in [1.29, 1.82) is 0 Å². The molecule has 0 spiro atoms. The molecule has 1 aromatic heterocycles. The highest BCUT2D eigenvalue weighted by molar-refractivity contribution is 5.93. The molecule has 2 aliphatic rings. The predicted molar refractivity (Wildman–Crippen MR) is 147 cm³/mol. The lowest BCUT2D eigenvalue weighted by molar-refractivity contribution is -0.122. The minimum atomic E-state index is -0.0418. The molecule has 5 rings (SSSR count). The van der Waals surface area contributed by atoms with Crippen molar-refractivity contribution in [3.05, 3.63) is 84.6 Å². The Kier molecular flexibility index (Phi) is 7.19. The molecule has 3 aromatic rings. The van der Waals surface area contributed by atoms with Crippen molar-refractivity contribution >= 4 is 28.1 Å². The Labute approximate surface area is 213 Å². The van der Waals surface area contributed by atoms with Gasteiger partial charge in [0.05, 0.1) is 12.1 Å². The van der Waals surface area contributed by atoms with Crippen LogP contribution in [0.5, 0.6) is 5.75 Å². The average Bonchev–Trinajstić information content (AvgIpc) is 2.89. The molecule has 1 saturated heterocycles. The van der Waals surface area contributed by atoms with E-state index < -0.39 is 0 Å². The molecule has 2 heterocycles. The van der Waals surface area contributed by atoms with Gasteiger partial charge in [0.15, 0.2) is 0 Å². The van der Waals surface area contributed by atoms with E-state index in [2.05, 4.69) is 63.8 Å². The third-order valence-electron chi connectivity index (χ3n) is 7.59. The lowest BCUT2D eigenvalue weighted by atomic mass is 9.82. The Morgan fingerprint density at radius 1 is 1.11 bits per heavy atom. The van der Waals surface area contributed by atoms with E-state index in [0.29, 0.717) is 12.4 Å². The van der Waals surface area contributed by atoms with Gasteiger partial charge in [-0.25, -0.2) is 0 Å². The highest BCUT2D eigenvalue weighted by Crippen LogP contribution is 2.34. The van der Waals surface area contributed by atoms with Gasteiger partial charge in [-0.1, -0.05) is 48.6 Å². The number of fused-ring (bicyclic) bond motifs is 1. The first-order valence-corrected chi connectivity index (χ1v) is 13.0. The molecular weight excluding hydrogens is 446 g/mol. The number of allylic oxidation sites excluding steroid dienone is 2. The lowest BCUT2D eigenvalue weighted by Gasteiger charge is -2.46. The van der Waals surface area contributed by atoms with E-state index in [-0.39, 0.29) is 11.5 Å². The number of nitrogens with zero attached hydrogens (tertiary/aromatic N) is 2. The number of rotatable bonds is 8. The third kappa shape index (κ3) is 5.36. The zero-order valence-electron chi connectivity index (χ0n) is 21.2. The van der Waals surface area contributed by atoms with Crippen LogP contribution in [0.4, 0.5) is 11.4 Å². The molecule has 0 amide bonds. The fourth-order valence-electron chi connectivity index (χ4n) is 5.54. The Bertz CT molecular complexity index is 1290. The molecular formula is C31H35N3O2. The van der Waals surface area contributed by atoms with E-state index in [4.69, 9.17) is 4.74 Å². The van der Waals surface area contributed by atoms with E-state index in [0.717, 1.165) is 72.5 Å². The van der Waals surface area contributed by atoms with Crippen molar-refractivity contribution in [3.63, 3.8) is 0 Å². The molecule has 1 unspecified atom stereocenters. The summed E-state index contributed by atoms with van der Waals surface area (Å²) in [5.74, 6) is 1.40. The smallest absolute Gasteiger partial charge is 0.133 e. The summed E-state index contributed by atoms with van der Waals surface area (Å²) in [7, 11) is 0. The summed E-state index contributed by atoms with van der Waals surface area (Å²) < 4.78 is 6.28. The fraction of sp³-hybridized carbons (Fsp3) is 0.355. The summed E-state index contributed by atoms with van der Waals surface area (Å²) in [4.78, 5) is 19.0. The van der Waals surface area contributed by atoms with Gasteiger partial charge in [0, 0.05) is 46.4 Å². The summed E-state index contributed by atoms with van der Waals surface area (Å²) in [6.07, 6.45) is 12.7. The molecule has 2 aromatic carbocycles. The maximum atomic E-state index is 11.8. The first-order valence-electron chi connectivity index (χ1n) is 13.0. The average molecular weight is 482 g/mol. The second kappa shape index (κ2) is 10.7. The molecule has 0 saturated carbocycles. The number of likely N-dealkylation sites (tertiary alicyclic amines) is 1. The summed E-state index contributed by atoms with van der Waals surface area (Å²) in [6.45, 7) is 6.30. The number of aryl methyl sites for hydroxylation is 1. The molecule has 1 atom stereocenters. The van der Waals surface area contributed by atoms with Crippen molar-refractivity contribution in [1.82, 2.24) is 9.88 Å². The summed E-state index contributed by atoms with van der Waals surface area (Å²) in [5, 5.41) is 4.66. The van der Waals surface area contributed by atoms with Gasteiger partial charge in [0.2, 0.25) is 0 Å². The number of anilines is 2. The van der Waals surface area contributed by atoms with Crippen LogP contribution in [0.15, 0.2) is 78.9 Å². The number of benzene rings is 2. The highest BCUT2D eigenvalue weighted by atomic mass is 16.5. The summed E-state index contributed by atoms with van der Waals surface area (Å²) in [5.41, 5.74) is 3.96. The molecule has 1 aliphatic heterocycles. The zero-order valence-corrected chi connectivity index (χ0v) is 21.2. The van der Waals surface area contributed by atoms with Gasteiger partial charge in [0.1, 0.15) is 11.5 Å². The van der Waals surface area contributed by atoms with Gasteiger partial charge < -0.3 is 10.1 Å². The molecule has 1 N–H and O–H groups in total. The van der Waals surface area contributed by atoms with Gasteiger partial charge in [-0.05, 0) is 70.5 Å². The lowest BCUT2D eigenvalue weighted by Crippen LogP contribution is -2.52. The van der Waals surface area contributed by atoms with Crippen LogP contribution in [0, 0.1) is 12.8 Å². The predicted octanol–water partition coefficient (Wildman–Crippen LogP) is 6.61. The van der Waals surface area contributed by atoms with Crippen LogP contribution >= 0.6 is 0 Å². The standard InChI is InChI=1S/C31H35N3O2/c1-23-21-30(28-11-4-5-12-29(28)32-23)33-26-9-8-10-27(22-26)36-20-17-31(15-6-3-7-16-31)34-18-13-25(14-19-34)24(2)35/h3-12,15,21-22,25H,13-14,16-20H2,1-2H3,(H,32,33). The Morgan fingerprint density at radius 3 is 2.72 bits per heavy atom. The quantitative estimate of drug-likeness (QED) is 0.392. The van der Waals surface area contributed by atoms with Crippen LogP contribution in [-0.2, 0) is 4.79 Å². The number of aromatic nitrogens is 1. The van der Waals surface area contributed by atoms with E-state index in [1.165, 1.54) is 0 Å². The van der Waals surface area contributed by atoms with Crippen molar-refractivity contribution in [3.8, 4) is 5.75 Å². The molecule has 1 aliphatic carbocycles. The van der Waals surface area contributed by atoms with E-state index in [9.17, 15) is 4.79 Å². The summed E-state index contributed by atoms with van der Waals surface area (Å²) in [6, 6.07) is 18.4. The molecule has 5 heteroatoms. The van der Waals surface area contributed by atoms with Gasteiger partial charge in [0.25, 0.3) is 0 Å². The minimum Gasteiger partial charge on any atom is -0.493 e. The normalized spacial score (nSPS) is 20.5. The van der Waals surface area contributed by atoms with E-state index in [1.807, 2.05) is 37.3 Å². The highest BCUT2D eigenvalue weighted by Gasteiger charge is 2.37. The fourth-order valence-corrected chi connectivity index (χ4v) is 5.54. The van der Waals surface area contributed by atoms with Crippen molar-refractivity contribution in [2.75, 3.05) is 25.0 Å². The van der Waals surface area contributed by atoms with Gasteiger partial charge in [-0.2, -0.15) is 0 Å². The van der Waals surface area contributed by atoms with Crippen molar-refractivity contribution < 1.29 is 9.53 Å². The number of hydrogen-bond donors (Lipinski definition) is 1. The zero-order chi connectivity index (χ0) is 25.0. The van der Waals surface area contributed by atoms with Gasteiger partial charge >= 0.3 is 0 Å². The van der Waals surface area contributed by atoms with Gasteiger partial charge in [-0.15, -0.1) is 0 Å². The number of carbonyl (C=O) groups excluding carboxylic acids is 1. The van der Waals surface area contributed by atoms with Gasteiger partial charge in [-0.3, -0.25) is 14.7 Å². The summed E-state index contributed by atoms with van der Waals surface area (Å²) >= 11 is 0. The molecule has 1 fully saturated rings. The number of piperidine rings is 1. The molecule has 36 heavy (non-hydrogen) atoms. The topological polar surface area (TPSA) is 54.5 Å². The van der Waals surface area contributed by atoms with Crippen LogP contribution in [0.2, 0.25) is 0 Å². The first kappa shape index (κ1) is 24.3. The SMILES string of the molecule is CC(=O)C1CCN(C2(CCOc3cccc(Nc4cc(C)nc5ccccc45)c3)C=CC=CC2)CC1. The van der Waals surface area contributed by atoms with Crippen molar-refractivity contribution in [2.24, 2.45) is 5.92 Å². The maximum Gasteiger partial charge on any atom is 0.133 e. The number of hydrogen-bond acceptors (Lipinski definition) is 5.